The minimum atomic E-state index is -0.586. The Morgan fingerprint density at radius 3 is 2.69 bits per heavy atom. The van der Waals surface area contributed by atoms with Gasteiger partial charge in [0.25, 0.3) is 5.91 Å². The van der Waals surface area contributed by atoms with Crippen molar-refractivity contribution in [3.05, 3.63) is 24.0 Å². The predicted molar refractivity (Wildman–Crippen MR) is 59.9 cm³/mol. The summed E-state index contributed by atoms with van der Waals surface area (Å²) in [5, 5.41) is 5.41. The standard InChI is InChI=1S/C10H14N4O2/c1-2-12-7-3-4-8(13-5-7)10(16)14-6-9(11)15/h3-5,12H,2,6H2,1H3,(H2,11,15)(H,14,16). The van der Waals surface area contributed by atoms with Gasteiger partial charge < -0.3 is 16.4 Å². The van der Waals surface area contributed by atoms with Gasteiger partial charge in [0.1, 0.15) is 5.69 Å². The Labute approximate surface area is 93.2 Å². The summed E-state index contributed by atoms with van der Waals surface area (Å²) in [6.07, 6.45) is 1.56. The molecule has 86 valence electrons. The number of nitrogens with two attached hydrogens (primary N) is 1. The lowest BCUT2D eigenvalue weighted by atomic mass is 10.3. The van der Waals surface area contributed by atoms with Gasteiger partial charge in [0, 0.05) is 6.54 Å². The predicted octanol–water partition coefficient (Wildman–Crippen LogP) is -0.272. The van der Waals surface area contributed by atoms with Crippen LogP contribution in [0.1, 0.15) is 17.4 Å². The summed E-state index contributed by atoms with van der Waals surface area (Å²) >= 11 is 0. The summed E-state index contributed by atoms with van der Waals surface area (Å²) in [5.74, 6) is -1.00. The fourth-order valence-electron chi connectivity index (χ4n) is 1.09. The van der Waals surface area contributed by atoms with E-state index in [2.05, 4.69) is 15.6 Å². The average molecular weight is 222 g/mol. The molecule has 0 spiro atoms. The van der Waals surface area contributed by atoms with Crippen molar-refractivity contribution in [2.75, 3.05) is 18.4 Å². The molecule has 0 saturated heterocycles. The molecule has 4 N–H and O–H groups in total. The van der Waals surface area contributed by atoms with Crippen LogP contribution in [0.25, 0.3) is 0 Å². The van der Waals surface area contributed by atoms with E-state index in [-0.39, 0.29) is 12.2 Å². The van der Waals surface area contributed by atoms with Crippen LogP contribution in [0.5, 0.6) is 0 Å². The van der Waals surface area contributed by atoms with Gasteiger partial charge in [-0.1, -0.05) is 0 Å². The molecule has 1 rings (SSSR count). The molecule has 0 bridgehead atoms. The fourth-order valence-corrected chi connectivity index (χ4v) is 1.09. The molecule has 0 aliphatic carbocycles. The molecule has 1 heterocycles. The van der Waals surface area contributed by atoms with Crippen LogP contribution < -0.4 is 16.4 Å². The van der Waals surface area contributed by atoms with E-state index in [9.17, 15) is 9.59 Å². The molecule has 0 aliphatic heterocycles. The van der Waals surface area contributed by atoms with Gasteiger partial charge >= 0.3 is 0 Å². The van der Waals surface area contributed by atoms with Crippen molar-refractivity contribution < 1.29 is 9.59 Å². The summed E-state index contributed by atoms with van der Waals surface area (Å²) in [6, 6.07) is 3.32. The first-order valence-corrected chi connectivity index (χ1v) is 4.90. The summed E-state index contributed by atoms with van der Waals surface area (Å²) in [7, 11) is 0. The van der Waals surface area contributed by atoms with Crippen LogP contribution in [0.15, 0.2) is 18.3 Å². The van der Waals surface area contributed by atoms with E-state index >= 15 is 0 Å². The fraction of sp³-hybridized carbons (Fsp3) is 0.300. The third-order valence-electron chi connectivity index (χ3n) is 1.80. The largest absolute Gasteiger partial charge is 0.384 e. The van der Waals surface area contributed by atoms with Gasteiger partial charge in [-0.2, -0.15) is 0 Å². The first-order valence-electron chi connectivity index (χ1n) is 4.90. The third kappa shape index (κ3) is 3.56. The second kappa shape index (κ2) is 5.69. The normalized spacial score (nSPS) is 9.56. The van der Waals surface area contributed by atoms with Crippen LogP contribution in [0, 0.1) is 0 Å². The SMILES string of the molecule is CCNc1ccc(C(=O)NCC(N)=O)nc1. The minimum absolute atomic E-state index is 0.185. The zero-order valence-electron chi connectivity index (χ0n) is 8.99. The van der Waals surface area contributed by atoms with Crippen LogP contribution in [-0.4, -0.2) is 29.9 Å². The van der Waals surface area contributed by atoms with Gasteiger partial charge in [-0.3, -0.25) is 9.59 Å². The van der Waals surface area contributed by atoms with Gasteiger partial charge in [-0.25, -0.2) is 4.98 Å². The smallest absolute Gasteiger partial charge is 0.270 e. The van der Waals surface area contributed by atoms with E-state index in [4.69, 9.17) is 5.73 Å². The van der Waals surface area contributed by atoms with E-state index in [1.54, 1.807) is 18.3 Å². The van der Waals surface area contributed by atoms with Gasteiger partial charge in [0.15, 0.2) is 0 Å². The molecule has 0 aromatic carbocycles. The molecule has 1 aromatic rings. The zero-order valence-corrected chi connectivity index (χ0v) is 8.99. The van der Waals surface area contributed by atoms with Crippen LogP contribution in [0.3, 0.4) is 0 Å². The lowest BCUT2D eigenvalue weighted by molar-refractivity contribution is -0.117. The lowest BCUT2D eigenvalue weighted by Gasteiger charge is -2.04. The van der Waals surface area contributed by atoms with Gasteiger partial charge in [0.05, 0.1) is 18.4 Å². The summed E-state index contributed by atoms with van der Waals surface area (Å²) < 4.78 is 0. The van der Waals surface area contributed by atoms with Crippen molar-refractivity contribution in [1.82, 2.24) is 10.3 Å². The number of hydrogen-bond acceptors (Lipinski definition) is 4. The number of carbonyl (C=O) groups excluding carboxylic acids is 2. The topological polar surface area (TPSA) is 97.1 Å². The molecule has 0 unspecified atom stereocenters. The van der Waals surface area contributed by atoms with Crippen LogP contribution in [-0.2, 0) is 4.79 Å². The minimum Gasteiger partial charge on any atom is -0.384 e. The van der Waals surface area contributed by atoms with Crippen molar-refractivity contribution in [3.8, 4) is 0 Å². The maximum absolute atomic E-state index is 11.4. The third-order valence-corrected chi connectivity index (χ3v) is 1.80. The van der Waals surface area contributed by atoms with Crippen molar-refractivity contribution in [2.24, 2.45) is 5.73 Å². The molecule has 16 heavy (non-hydrogen) atoms. The lowest BCUT2D eigenvalue weighted by Crippen LogP contribution is -2.33. The Hall–Kier alpha value is -2.11. The van der Waals surface area contributed by atoms with Crippen LogP contribution in [0.4, 0.5) is 5.69 Å². The van der Waals surface area contributed by atoms with E-state index in [0.717, 1.165) is 12.2 Å². The molecular weight excluding hydrogens is 208 g/mol. The first-order chi connectivity index (χ1) is 7.63. The Kier molecular flexibility index (Phi) is 4.26. The molecule has 2 amide bonds. The second-order valence-electron chi connectivity index (χ2n) is 3.11. The van der Waals surface area contributed by atoms with E-state index in [1.807, 2.05) is 6.92 Å². The van der Waals surface area contributed by atoms with Crippen molar-refractivity contribution in [3.63, 3.8) is 0 Å². The monoisotopic (exact) mass is 222 g/mol. The molecule has 0 aliphatic rings. The Morgan fingerprint density at radius 1 is 1.44 bits per heavy atom. The van der Waals surface area contributed by atoms with E-state index in [1.165, 1.54) is 0 Å². The molecule has 0 radical (unpaired) electrons. The molecule has 6 nitrogen and oxygen atoms in total. The highest BCUT2D eigenvalue weighted by Gasteiger charge is 2.07. The Morgan fingerprint density at radius 2 is 2.19 bits per heavy atom. The number of nitrogens with one attached hydrogen (secondary N) is 2. The number of hydrogen-bond donors (Lipinski definition) is 3. The van der Waals surface area contributed by atoms with Gasteiger partial charge in [-0.05, 0) is 19.1 Å². The average Bonchev–Trinajstić information content (AvgIpc) is 2.27. The number of anilines is 1. The molecule has 1 aromatic heterocycles. The number of amides is 2. The highest BCUT2D eigenvalue weighted by molar-refractivity contribution is 5.94. The highest BCUT2D eigenvalue weighted by atomic mass is 16.2. The van der Waals surface area contributed by atoms with Crippen molar-refractivity contribution in [2.45, 2.75) is 6.92 Å². The number of pyridine rings is 1. The van der Waals surface area contributed by atoms with Gasteiger partial charge in [0.2, 0.25) is 5.91 Å². The van der Waals surface area contributed by atoms with Crippen molar-refractivity contribution in [1.29, 1.82) is 0 Å². The Bertz CT molecular complexity index is 375. The van der Waals surface area contributed by atoms with E-state index < -0.39 is 11.8 Å². The van der Waals surface area contributed by atoms with Gasteiger partial charge in [-0.15, -0.1) is 0 Å². The molecule has 0 fully saturated rings. The summed E-state index contributed by atoms with van der Waals surface area (Å²) in [5.41, 5.74) is 5.99. The zero-order chi connectivity index (χ0) is 12.0. The van der Waals surface area contributed by atoms with Crippen molar-refractivity contribution >= 4 is 17.5 Å². The number of carbonyl (C=O) groups is 2. The molecule has 0 atom stereocenters. The number of rotatable bonds is 5. The number of aromatic nitrogens is 1. The maximum Gasteiger partial charge on any atom is 0.270 e. The summed E-state index contributed by atoms with van der Waals surface area (Å²) in [6.45, 7) is 2.57. The molecular formula is C10H14N4O2. The second-order valence-corrected chi connectivity index (χ2v) is 3.11. The number of nitrogens with zero attached hydrogens (tertiary/aromatic N) is 1. The Balaban J connectivity index is 2.59. The molecule has 0 saturated carbocycles. The number of primary amides is 1. The summed E-state index contributed by atoms with van der Waals surface area (Å²) in [4.78, 5) is 25.8. The quantitative estimate of drug-likeness (QED) is 0.638. The molecule has 6 heteroatoms. The first kappa shape index (κ1) is 12.0. The van der Waals surface area contributed by atoms with Crippen LogP contribution >= 0.6 is 0 Å². The maximum atomic E-state index is 11.4. The van der Waals surface area contributed by atoms with Crippen LogP contribution in [0.2, 0.25) is 0 Å². The highest BCUT2D eigenvalue weighted by Crippen LogP contribution is 2.05. The van der Waals surface area contributed by atoms with E-state index in [0.29, 0.717) is 0 Å².